The molecule has 3 aromatic rings. The molecule has 1 fully saturated rings. The second kappa shape index (κ2) is 9.26. The van der Waals surface area contributed by atoms with Gasteiger partial charge in [-0.1, -0.05) is 54.1 Å². The number of hydrogen-bond acceptors (Lipinski definition) is 4. The van der Waals surface area contributed by atoms with Crippen molar-refractivity contribution in [3.63, 3.8) is 0 Å². The van der Waals surface area contributed by atoms with Gasteiger partial charge in [0.05, 0.1) is 17.7 Å². The zero-order valence-corrected chi connectivity index (χ0v) is 17.7. The predicted octanol–water partition coefficient (Wildman–Crippen LogP) is 4.89. The Kier molecular flexibility index (Phi) is 6.29. The van der Waals surface area contributed by atoms with Gasteiger partial charge < -0.3 is 10.2 Å². The lowest BCUT2D eigenvalue weighted by Gasteiger charge is -2.33. The Labute approximate surface area is 182 Å². The van der Waals surface area contributed by atoms with Crippen LogP contribution < -0.4 is 10.2 Å². The van der Waals surface area contributed by atoms with Gasteiger partial charge in [-0.25, -0.2) is 0 Å². The van der Waals surface area contributed by atoms with Gasteiger partial charge in [0.25, 0.3) is 0 Å². The number of rotatable bonds is 5. The van der Waals surface area contributed by atoms with Crippen molar-refractivity contribution in [1.82, 2.24) is 15.5 Å². The van der Waals surface area contributed by atoms with Crippen molar-refractivity contribution in [2.75, 3.05) is 18.0 Å². The van der Waals surface area contributed by atoms with Crippen LogP contribution in [0.3, 0.4) is 0 Å². The molecule has 1 amide bonds. The molecule has 2 atom stereocenters. The highest BCUT2D eigenvalue weighted by Crippen LogP contribution is 2.25. The van der Waals surface area contributed by atoms with E-state index >= 15 is 0 Å². The first-order valence-electron chi connectivity index (χ1n) is 10.3. The van der Waals surface area contributed by atoms with Crippen LogP contribution in [0, 0.1) is 5.92 Å². The molecule has 1 aliphatic rings. The van der Waals surface area contributed by atoms with Gasteiger partial charge in [-0.05, 0) is 49.6 Å². The minimum absolute atomic E-state index is 0.00692. The van der Waals surface area contributed by atoms with Gasteiger partial charge in [-0.15, -0.1) is 10.2 Å². The van der Waals surface area contributed by atoms with Gasteiger partial charge in [0, 0.05) is 23.7 Å². The van der Waals surface area contributed by atoms with Crippen molar-refractivity contribution in [3.8, 4) is 11.3 Å². The van der Waals surface area contributed by atoms with Crippen LogP contribution >= 0.6 is 11.6 Å². The fourth-order valence-corrected chi connectivity index (χ4v) is 3.95. The van der Waals surface area contributed by atoms with Crippen LogP contribution in [0.4, 0.5) is 5.82 Å². The number of nitrogens with zero attached hydrogens (tertiary/aromatic N) is 3. The third-order valence-corrected chi connectivity index (χ3v) is 5.82. The lowest BCUT2D eigenvalue weighted by molar-refractivity contribution is -0.125. The predicted molar refractivity (Wildman–Crippen MR) is 120 cm³/mol. The van der Waals surface area contributed by atoms with E-state index in [0.717, 1.165) is 42.0 Å². The summed E-state index contributed by atoms with van der Waals surface area (Å²) in [5.74, 6) is 0.853. The summed E-state index contributed by atoms with van der Waals surface area (Å²) < 4.78 is 0. The molecule has 5 nitrogen and oxygen atoms in total. The van der Waals surface area contributed by atoms with E-state index in [0.29, 0.717) is 11.6 Å². The van der Waals surface area contributed by atoms with Crippen LogP contribution in [0.25, 0.3) is 11.3 Å². The quantitative estimate of drug-likeness (QED) is 0.638. The van der Waals surface area contributed by atoms with E-state index in [1.165, 1.54) is 0 Å². The van der Waals surface area contributed by atoms with Gasteiger partial charge >= 0.3 is 0 Å². The van der Waals surface area contributed by atoms with Crippen LogP contribution in [0.1, 0.15) is 31.4 Å². The highest BCUT2D eigenvalue weighted by Gasteiger charge is 2.27. The second-order valence-corrected chi connectivity index (χ2v) is 8.15. The second-order valence-electron chi connectivity index (χ2n) is 7.71. The number of benzene rings is 2. The SMILES string of the molecule is CC(NC(=O)C1CCCN(c2ccc(-c3ccc(Cl)cc3)nn2)C1)c1ccccc1. The molecule has 1 aliphatic heterocycles. The van der Waals surface area contributed by atoms with Crippen molar-refractivity contribution < 1.29 is 4.79 Å². The summed E-state index contributed by atoms with van der Waals surface area (Å²) in [4.78, 5) is 15.0. The summed E-state index contributed by atoms with van der Waals surface area (Å²) >= 11 is 5.96. The number of nitrogens with one attached hydrogen (secondary N) is 1. The average Bonchev–Trinajstić information content (AvgIpc) is 2.80. The lowest BCUT2D eigenvalue weighted by Crippen LogP contribution is -2.44. The Morgan fingerprint density at radius 1 is 1.07 bits per heavy atom. The van der Waals surface area contributed by atoms with E-state index in [9.17, 15) is 4.79 Å². The standard InChI is InChI=1S/C24H25ClN4O/c1-17(18-6-3-2-4-7-18)26-24(30)20-8-5-15-29(16-20)23-14-13-22(27-28-23)19-9-11-21(25)12-10-19/h2-4,6-7,9-14,17,20H,5,8,15-16H2,1H3,(H,26,30). The molecule has 2 unspecified atom stereocenters. The number of piperidine rings is 1. The summed E-state index contributed by atoms with van der Waals surface area (Å²) in [6, 6.07) is 21.5. The van der Waals surface area contributed by atoms with Crippen LogP contribution in [0.5, 0.6) is 0 Å². The summed E-state index contributed by atoms with van der Waals surface area (Å²) in [7, 11) is 0. The van der Waals surface area contributed by atoms with Crippen molar-refractivity contribution >= 4 is 23.3 Å². The molecule has 1 saturated heterocycles. The fraction of sp³-hybridized carbons (Fsp3) is 0.292. The average molecular weight is 421 g/mol. The number of amides is 1. The Morgan fingerprint density at radius 2 is 1.83 bits per heavy atom. The van der Waals surface area contributed by atoms with Crippen molar-refractivity contribution in [3.05, 3.63) is 77.3 Å². The molecule has 154 valence electrons. The maximum absolute atomic E-state index is 12.8. The summed E-state index contributed by atoms with van der Waals surface area (Å²) in [6.45, 7) is 3.56. The maximum atomic E-state index is 12.8. The Hall–Kier alpha value is -2.92. The Morgan fingerprint density at radius 3 is 2.53 bits per heavy atom. The maximum Gasteiger partial charge on any atom is 0.225 e. The molecular formula is C24H25ClN4O. The molecule has 4 rings (SSSR count). The van der Waals surface area contributed by atoms with Crippen molar-refractivity contribution in [2.24, 2.45) is 5.92 Å². The molecule has 2 heterocycles. The third kappa shape index (κ3) is 4.79. The Bertz CT molecular complexity index is 976. The van der Waals surface area contributed by atoms with E-state index < -0.39 is 0 Å². The first-order valence-corrected chi connectivity index (χ1v) is 10.7. The minimum atomic E-state index is -0.0531. The summed E-state index contributed by atoms with van der Waals surface area (Å²) in [5.41, 5.74) is 2.89. The summed E-state index contributed by atoms with van der Waals surface area (Å²) in [6.07, 6.45) is 1.85. The van der Waals surface area contributed by atoms with E-state index in [-0.39, 0.29) is 17.9 Å². The topological polar surface area (TPSA) is 58.1 Å². The molecule has 0 aliphatic carbocycles. The van der Waals surface area contributed by atoms with Crippen LogP contribution in [-0.4, -0.2) is 29.2 Å². The number of carbonyl (C=O) groups is 1. The normalized spacial score (nSPS) is 17.4. The molecule has 30 heavy (non-hydrogen) atoms. The van der Waals surface area contributed by atoms with Gasteiger partial charge in [0.1, 0.15) is 0 Å². The number of halogens is 1. The molecule has 0 bridgehead atoms. The first kappa shape index (κ1) is 20.4. The number of aromatic nitrogens is 2. The largest absolute Gasteiger partial charge is 0.354 e. The van der Waals surface area contributed by atoms with E-state index in [1.807, 2.05) is 73.7 Å². The van der Waals surface area contributed by atoms with E-state index in [1.54, 1.807) is 0 Å². The molecule has 1 aromatic heterocycles. The molecule has 0 radical (unpaired) electrons. The van der Waals surface area contributed by atoms with Crippen LogP contribution in [-0.2, 0) is 4.79 Å². The minimum Gasteiger partial charge on any atom is -0.354 e. The van der Waals surface area contributed by atoms with Gasteiger partial charge in [0.15, 0.2) is 5.82 Å². The fourth-order valence-electron chi connectivity index (χ4n) is 3.82. The Balaban J connectivity index is 1.39. The first-order chi connectivity index (χ1) is 14.6. The zero-order valence-electron chi connectivity index (χ0n) is 17.0. The van der Waals surface area contributed by atoms with Gasteiger partial charge in [0.2, 0.25) is 5.91 Å². The molecule has 0 saturated carbocycles. The van der Waals surface area contributed by atoms with Crippen molar-refractivity contribution in [1.29, 1.82) is 0 Å². The van der Waals surface area contributed by atoms with Crippen LogP contribution in [0.2, 0.25) is 5.02 Å². The molecule has 1 N–H and O–H groups in total. The molecular weight excluding hydrogens is 396 g/mol. The van der Waals surface area contributed by atoms with E-state index in [4.69, 9.17) is 11.6 Å². The molecule has 0 spiro atoms. The van der Waals surface area contributed by atoms with E-state index in [2.05, 4.69) is 20.4 Å². The van der Waals surface area contributed by atoms with Gasteiger partial charge in [-0.2, -0.15) is 0 Å². The molecule has 6 heteroatoms. The summed E-state index contributed by atoms with van der Waals surface area (Å²) in [5, 5.41) is 12.6. The molecule has 2 aromatic carbocycles. The number of hydrogen-bond donors (Lipinski definition) is 1. The monoisotopic (exact) mass is 420 g/mol. The number of carbonyl (C=O) groups excluding carboxylic acids is 1. The van der Waals surface area contributed by atoms with Crippen molar-refractivity contribution in [2.45, 2.75) is 25.8 Å². The smallest absolute Gasteiger partial charge is 0.225 e. The lowest BCUT2D eigenvalue weighted by atomic mass is 9.96. The third-order valence-electron chi connectivity index (χ3n) is 5.56. The highest BCUT2D eigenvalue weighted by molar-refractivity contribution is 6.30. The zero-order chi connectivity index (χ0) is 20.9. The highest BCUT2D eigenvalue weighted by atomic mass is 35.5. The van der Waals surface area contributed by atoms with Gasteiger partial charge in [-0.3, -0.25) is 4.79 Å². The van der Waals surface area contributed by atoms with Crippen LogP contribution in [0.15, 0.2) is 66.7 Å². The number of anilines is 1.